The van der Waals surface area contributed by atoms with E-state index in [1.54, 1.807) is 0 Å². The van der Waals surface area contributed by atoms with Crippen LogP contribution in [0.2, 0.25) is 0 Å². The summed E-state index contributed by atoms with van der Waals surface area (Å²) in [5, 5.41) is 0. The molecule has 1 aliphatic heterocycles. The molecule has 1 saturated heterocycles. The first-order valence-electron chi connectivity index (χ1n) is 6.61. The lowest BCUT2D eigenvalue weighted by Gasteiger charge is -2.26. The van der Waals surface area contributed by atoms with Crippen molar-refractivity contribution in [2.75, 3.05) is 26.0 Å². The molecule has 0 amide bonds. The summed E-state index contributed by atoms with van der Waals surface area (Å²) in [6.07, 6.45) is 4.63. The van der Waals surface area contributed by atoms with Crippen LogP contribution in [-0.4, -0.2) is 45.8 Å². The molecule has 2 fully saturated rings. The third-order valence-electron chi connectivity index (χ3n) is 3.81. The molecule has 0 bridgehead atoms. The van der Waals surface area contributed by atoms with Crippen LogP contribution in [-0.2, 0) is 4.74 Å². The topological polar surface area (TPSA) is 12.5 Å². The lowest BCUT2D eigenvalue weighted by molar-refractivity contribution is 0.142. The van der Waals surface area contributed by atoms with Gasteiger partial charge in [-0.25, -0.2) is 0 Å². The zero-order chi connectivity index (χ0) is 12.5. The summed E-state index contributed by atoms with van der Waals surface area (Å²) in [4.78, 5) is 2.71. The maximum atomic E-state index is 5.46. The van der Waals surface area contributed by atoms with Crippen LogP contribution in [0.1, 0.15) is 33.1 Å². The summed E-state index contributed by atoms with van der Waals surface area (Å²) in [5.74, 6) is 2.09. The third kappa shape index (κ3) is 4.25. The number of methoxy groups -OCH3 is 1. The summed E-state index contributed by atoms with van der Waals surface area (Å²) in [5.41, 5.74) is 0. The van der Waals surface area contributed by atoms with E-state index in [2.05, 4.69) is 53.1 Å². The SMILES string of the molecule is COC1CC1C1CCCN1CCSC(C)(C)I. The molecular weight excluding hydrogens is 345 g/mol. The average Bonchev–Trinajstić information content (AvgIpc) is 2.88. The zero-order valence-corrected chi connectivity index (χ0v) is 14.1. The molecule has 0 radical (unpaired) electrons. The number of likely N-dealkylation sites (tertiary alicyclic amines) is 1. The van der Waals surface area contributed by atoms with E-state index in [0.717, 1.165) is 12.0 Å². The quantitative estimate of drug-likeness (QED) is 0.526. The summed E-state index contributed by atoms with van der Waals surface area (Å²) in [6.45, 7) is 7.15. The molecule has 1 saturated carbocycles. The van der Waals surface area contributed by atoms with Crippen molar-refractivity contribution in [2.24, 2.45) is 5.92 Å². The van der Waals surface area contributed by atoms with Crippen LogP contribution in [0.3, 0.4) is 0 Å². The fourth-order valence-electron chi connectivity index (χ4n) is 2.89. The van der Waals surface area contributed by atoms with E-state index in [1.165, 1.54) is 38.1 Å². The lowest BCUT2D eigenvalue weighted by atomic mass is 10.1. The standard InChI is InChI=1S/C13H24INOS/c1-13(2,14)17-8-7-15-6-4-5-11(15)10-9-12(10)16-3/h10-12H,4-9H2,1-3H3. The maximum absolute atomic E-state index is 5.46. The molecule has 0 aromatic heterocycles. The van der Waals surface area contributed by atoms with Gasteiger partial charge in [-0.1, -0.05) is 22.6 Å². The van der Waals surface area contributed by atoms with Gasteiger partial charge in [0, 0.05) is 31.4 Å². The van der Waals surface area contributed by atoms with Crippen molar-refractivity contribution in [2.45, 2.75) is 48.0 Å². The minimum absolute atomic E-state index is 0.377. The van der Waals surface area contributed by atoms with Crippen molar-refractivity contribution in [1.82, 2.24) is 4.90 Å². The molecule has 1 heterocycles. The third-order valence-corrected chi connectivity index (χ3v) is 5.82. The van der Waals surface area contributed by atoms with Gasteiger partial charge in [-0.15, -0.1) is 11.8 Å². The highest BCUT2D eigenvalue weighted by atomic mass is 127. The molecule has 100 valence electrons. The van der Waals surface area contributed by atoms with Crippen LogP contribution in [0, 0.1) is 5.92 Å². The Bertz CT molecular complexity index is 256. The fourth-order valence-corrected chi connectivity index (χ4v) is 4.36. The minimum Gasteiger partial charge on any atom is -0.381 e. The van der Waals surface area contributed by atoms with Crippen molar-refractivity contribution in [1.29, 1.82) is 0 Å². The highest BCUT2D eigenvalue weighted by Crippen LogP contribution is 2.42. The molecule has 2 nitrogen and oxygen atoms in total. The van der Waals surface area contributed by atoms with Crippen molar-refractivity contribution < 1.29 is 4.74 Å². The van der Waals surface area contributed by atoms with E-state index >= 15 is 0 Å². The Morgan fingerprint density at radius 1 is 1.47 bits per heavy atom. The first kappa shape index (κ1) is 14.4. The van der Waals surface area contributed by atoms with Gasteiger partial charge in [0.15, 0.2) is 0 Å². The Hall–Kier alpha value is 1.00. The maximum Gasteiger partial charge on any atom is 0.0619 e. The number of thioether (sulfide) groups is 1. The number of halogens is 1. The molecule has 0 spiro atoms. The lowest BCUT2D eigenvalue weighted by Crippen LogP contribution is -2.34. The number of hydrogen-bond acceptors (Lipinski definition) is 3. The first-order valence-corrected chi connectivity index (χ1v) is 8.67. The molecule has 17 heavy (non-hydrogen) atoms. The van der Waals surface area contributed by atoms with Gasteiger partial charge >= 0.3 is 0 Å². The highest BCUT2D eigenvalue weighted by molar-refractivity contribution is 14.1. The summed E-state index contributed by atoms with van der Waals surface area (Å²) in [6, 6.07) is 0.817. The number of nitrogens with zero attached hydrogens (tertiary/aromatic N) is 1. The Kier molecular flexibility index (Phi) is 5.06. The highest BCUT2D eigenvalue weighted by Gasteiger charge is 2.46. The predicted molar refractivity (Wildman–Crippen MR) is 84.1 cm³/mol. The van der Waals surface area contributed by atoms with E-state index in [0.29, 0.717) is 8.86 Å². The Labute approximate surface area is 123 Å². The molecule has 4 heteroatoms. The zero-order valence-electron chi connectivity index (χ0n) is 11.1. The minimum atomic E-state index is 0.377. The molecule has 0 aromatic carbocycles. The molecule has 3 unspecified atom stereocenters. The molecule has 0 aromatic rings. The summed E-state index contributed by atoms with van der Waals surface area (Å²) < 4.78 is 5.84. The van der Waals surface area contributed by atoms with Gasteiger partial charge in [-0.2, -0.15) is 0 Å². The number of rotatable bonds is 6. The second-order valence-electron chi connectivity index (χ2n) is 5.63. The Balaban J connectivity index is 1.73. The smallest absolute Gasteiger partial charge is 0.0619 e. The number of alkyl halides is 1. The second kappa shape index (κ2) is 5.97. The Morgan fingerprint density at radius 2 is 2.24 bits per heavy atom. The largest absolute Gasteiger partial charge is 0.381 e. The normalized spacial score (nSPS) is 34.2. The average molecular weight is 369 g/mol. The van der Waals surface area contributed by atoms with Crippen LogP contribution in [0.15, 0.2) is 0 Å². The van der Waals surface area contributed by atoms with Gasteiger partial charge in [0.1, 0.15) is 0 Å². The van der Waals surface area contributed by atoms with Crippen LogP contribution < -0.4 is 0 Å². The van der Waals surface area contributed by atoms with Crippen LogP contribution in [0.25, 0.3) is 0 Å². The van der Waals surface area contributed by atoms with Gasteiger partial charge in [-0.05, 0) is 39.7 Å². The monoisotopic (exact) mass is 369 g/mol. The van der Waals surface area contributed by atoms with E-state index < -0.39 is 0 Å². The van der Waals surface area contributed by atoms with Crippen molar-refractivity contribution >= 4 is 34.4 Å². The van der Waals surface area contributed by atoms with Gasteiger partial charge in [0.2, 0.25) is 0 Å². The van der Waals surface area contributed by atoms with Crippen LogP contribution in [0.4, 0.5) is 0 Å². The molecule has 1 aliphatic carbocycles. The van der Waals surface area contributed by atoms with Crippen molar-refractivity contribution in [3.63, 3.8) is 0 Å². The molecule has 0 N–H and O–H groups in total. The Morgan fingerprint density at radius 3 is 2.82 bits per heavy atom. The molecule has 2 aliphatic rings. The van der Waals surface area contributed by atoms with Gasteiger partial charge in [0.25, 0.3) is 0 Å². The second-order valence-corrected chi connectivity index (χ2v) is 10.8. The van der Waals surface area contributed by atoms with Gasteiger partial charge < -0.3 is 4.74 Å². The summed E-state index contributed by atoms with van der Waals surface area (Å²) >= 11 is 4.60. The van der Waals surface area contributed by atoms with Gasteiger partial charge in [-0.3, -0.25) is 4.90 Å². The molecular formula is C13H24INOS. The van der Waals surface area contributed by atoms with Gasteiger partial charge in [0.05, 0.1) is 8.86 Å². The fraction of sp³-hybridized carbons (Fsp3) is 1.00. The molecule has 2 rings (SSSR count). The van der Waals surface area contributed by atoms with E-state index in [-0.39, 0.29) is 0 Å². The van der Waals surface area contributed by atoms with E-state index in [9.17, 15) is 0 Å². The van der Waals surface area contributed by atoms with Crippen molar-refractivity contribution in [3.05, 3.63) is 0 Å². The number of hydrogen-bond donors (Lipinski definition) is 0. The predicted octanol–water partition coefficient (Wildman–Crippen LogP) is 3.39. The van der Waals surface area contributed by atoms with E-state index in [1.807, 2.05) is 7.11 Å². The number of ether oxygens (including phenoxy) is 1. The van der Waals surface area contributed by atoms with E-state index in [4.69, 9.17) is 4.74 Å². The van der Waals surface area contributed by atoms with Crippen molar-refractivity contribution in [3.8, 4) is 0 Å². The molecule has 3 atom stereocenters. The van der Waals surface area contributed by atoms with Crippen LogP contribution in [0.5, 0.6) is 0 Å². The first-order chi connectivity index (χ1) is 8.01. The van der Waals surface area contributed by atoms with Crippen LogP contribution >= 0.6 is 34.4 Å². The summed E-state index contributed by atoms with van der Waals surface area (Å²) in [7, 11) is 1.86.